The fourth-order valence-corrected chi connectivity index (χ4v) is 4.20. The molecule has 0 spiro atoms. The number of sulfonamides is 1. The summed E-state index contributed by atoms with van der Waals surface area (Å²) in [5.74, 6) is 0.773. The second kappa shape index (κ2) is 9.22. The predicted molar refractivity (Wildman–Crippen MR) is 121 cm³/mol. The highest BCUT2D eigenvalue weighted by Crippen LogP contribution is 2.25. The number of nitrogens with zero attached hydrogens (tertiary/aromatic N) is 1. The summed E-state index contributed by atoms with van der Waals surface area (Å²) in [4.78, 5) is 12.6. The SMILES string of the molecule is COc1ccc(N(C)S(=O)(=O)c2cccc(C(=O)Oc3ccc(C(C)C)cc3)c2)cc1. The number of hydrogen-bond acceptors (Lipinski definition) is 5. The van der Waals surface area contributed by atoms with Gasteiger partial charge in [-0.2, -0.15) is 0 Å². The molecule has 0 radical (unpaired) electrons. The van der Waals surface area contributed by atoms with Crippen LogP contribution in [0.1, 0.15) is 35.7 Å². The van der Waals surface area contributed by atoms with Crippen LogP contribution >= 0.6 is 0 Å². The van der Waals surface area contributed by atoms with E-state index in [1.54, 1.807) is 43.5 Å². The predicted octanol–water partition coefficient (Wildman–Crippen LogP) is 4.86. The number of hydrogen-bond donors (Lipinski definition) is 0. The molecule has 0 saturated carbocycles. The third kappa shape index (κ3) is 5.06. The normalized spacial score (nSPS) is 11.3. The van der Waals surface area contributed by atoms with Gasteiger partial charge in [-0.05, 0) is 66.1 Å². The molecule has 6 nitrogen and oxygen atoms in total. The van der Waals surface area contributed by atoms with E-state index in [1.165, 1.54) is 31.3 Å². The highest BCUT2D eigenvalue weighted by molar-refractivity contribution is 7.92. The van der Waals surface area contributed by atoms with Crippen molar-refractivity contribution in [2.45, 2.75) is 24.7 Å². The molecule has 0 aliphatic rings. The highest BCUT2D eigenvalue weighted by Gasteiger charge is 2.23. The van der Waals surface area contributed by atoms with Crippen LogP contribution in [0.2, 0.25) is 0 Å². The fraction of sp³-hybridized carbons (Fsp3) is 0.208. The van der Waals surface area contributed by atoms with E-state index in [4.69, 9.17) is 9.47 Å². The van der Waals surface area contributed by atoms with Crippen molar-refractivity contribution in [1.29, 1.82) is 0 Å². The molecule has 3 rings (SSSR count). The molecule has 0 aliphatic heterocycles. The first-order valence-electron chi connectivity index (χ1n) is 9.77. The van der Waals surface area contributed by atoms with Gasteiger partial charge in [0.1, 0.15) is 11.5 Å². The monoisotopic (exact) mass is 439 g/mol. The van der Waals surface area contributed by atoms with Crippen molar-refractivity contribution in [2.75, 3.05) is 18.5 Å². The molecule has 162 valence electrons. The summed E-state index contributed by atoms with van der Waals surface area (Å²) in [5.41, 5.74) is 1.76. The van der Waals surface area contributed by atoms with E-state index in [9.17, 15) is 13.2 Å². The first-order chi connectivity index (χ1) is 14.7. The molecule has 0 bridgehead atoms. The summed E-state index contributed by atoms with van der Waals surface area (Å²) < 4.78 is 37.8. The molecular weight excluding hydrogens is 414 g/mol. The molecule has 0 atom stereocenters. The topological polar surface area (TPSA) is 72.9 Å². The van der Waals surface area contributed by atoms with Crippen molar-refractivity contribution in [3.05, 3.63) is 83.9 Å². The maximum absolute atomic E-state index is 13.1. The van der Waals surface area contributed by atoms with Gasteiger partial charge in [-0.1, -0.05) is 32.0 Å². The number of ether oxygens (including phenoxy) is 2. The molecule has 0 amide bonds. The van der Waals surface area contributed by atoms with Crippen LogP contribution in [-0.2, 0) is 10.0 Å². The smallest absolute Gasteiger partial charge is 0.343 e. The van der Waals surface area contributed by atoms with Crippen molar-refractivity contribution in [3.8, 4) is 11.5 Å². The van der Waals surface area contributed by atoms with Crippen LogP contribution in [0, 0.1) is 0 Å². The molecule has 0 aromatic heterocycles. The molecule has 0 heterocycles. The van der Waals surface area contributed by atoms with Gasteiger partial charge in [0.25, 0.3) is 10.0 Å². The second-order valence-corrected chi connectivity index (χ2v) is 9.28. The van der Waals surface area contributed by atoms with Crippen LogP contribution < -0.4 is 13.8 Å². The van der Waals surface area contributed by atoms with E-state index in [0.717, 1.165) is 9.87 Å². The third-order valence-electron chi connectivity index (χ3n) is 4.92. The van der Waals surface area contributed by atoms with Crippen molar-refractivity contribution in [1.82, 2.24) is 0 Å². The van der Waals surface area contributed by atoms with Crippen LogP contribution in [0.5, 0.6) is 11.5 Å². The maximum atomic E-state index is 13.1. The largest absolute Gasteiger partial charge is 0.497 e. The van der Waals surface area contributed by atoms with Gasteiger partial charge in [0.2, 0.25) is 0 Å². The number of esters is 1. The molecular formula is C24H25NO5S. The lowest BCUT2D eigenvalue weighted by atomic mass is 10.0. The van der Waals surface area contributed by atoms with Gasteiger partial charge in [-0.15, -0.1) is 0 Å². The molecule has 3 aromatic carbocycles. The van der Waals surface area contributed by atoms with E-state index < -0.39 is 16.0 Å². The Labute approximate surface area is 183 Å². The molecule has 3 aromatic rings. The second-order valence-electron chi connectivity index (χ2n) is 7.31. The number of methoxy groups -OCH3 is 1. The lowest BCUT2D eigenvalue weighted by Crippen LogP contribution is -2.26. The van der Waals surface area contributed by atoms with E-state index >= 15 is 0 Å². The highest BCUT2D eigenvalue weighted by atomic mass is 32.2. The van der Waals surface area contributed by atoms with Gasteiger partial charge < -0.3 is 9.47 Å². The zero-order valence-corrected chi connectivity index (χ0v) is 18.7. The Hall–Kier alpha value is -3.32. The average molecular weight is 440 g/mol. The Morgan fingerprint density at radius 3 is 2.10 bits per heavy atom. The Morgan fingerprint density at radius 1 is 0.903 bits per heavy atom. The number of anilines is 1. The number of carbonyl (C=O) groups excluding carboxylic acids is 1. The Kier molecular flexibility index (Phi) is 6.65. The van der Waals surface area contributed by atoms with Gasteiger partial charge in [-0.25, -0.2) is 13.2 Å². The standard InChI is InChI=1S/C24H25NO5S/c1-17(2)18-8-12-22(13-9-18)30-24(26)19-6-5-7-23(16-19)31(27,28)25(3)20-10-14-21(29-4)15-11-20/h5-17H,1-4H3. The zero-order valence-electron chi connectivity index (χ0n) is 17.9. The number of rotatable bonds is 7. The van der Waals surface area contributed by atoms with E-state index in [0.29, 0.717) is 23.1 Å². The number of carbonyl (C=O) groups is 1. The Bertz CT molecular complexity index is 1150. The molecule has 0 N–H and O–H groups in total. The van der Waals surface area contributed by atoms with Gasteiger partial charge in [0.15, 0.2) is 0 Å². The Morgan fingerprint density at radius 2 is 1.52 bits per heavy atom. The maximum Gasteiger partial charge on any atom is 0.343 e. The van der Waals surface area contributed by atoms with Crippen molar-refractivity contribution >= 4 is 21.7 Å². The molecule has 0 aliphatic carbocycles. The van der Waals surface area contributed by atoms with Crippen LogP contribution in [0.25, 0.3) is 0 Å². The van der Waals surface area contributed by atoms with Gasteiger partial charge in [0.05, 0.1) is 23.3 Å². The van der Waals surface area contributed by atoms with Crippen molar-refractivity contribution in [3.63, 3.8) is 0 Å². The summed E-state index contributed by atoms with van der Waals surface area (Å²) >= 11 is 0. The molecule has 0 fully saturated rings. The quantitative estimate of drug-likeness (QED) is 0.388. The van der Waals surface area contributed by atoms with E-state index in [2.05, 4.69) is 13.8 Å². The van der Waals surface area contributed by atoms with Gasteiger partial charge in [0, 0.05) is 7.05 Å². The summed E-state index contributed by atoms with van der Waals surface area (Å²) in [6, 6.07) is 19.7. The zero-order chi connectivity index (χ0) is 22.6. The van der Waals surface area contributed by atoms with Crippen LogP contribution in [0.4, 0.5) is 5.69 Å². The first kappa shape index (κ1) is 22.4. The molecule has 31 heavy (non-hydrogen) atoms. The minimum Gasteiger partial charge on any atom is -0.497 e. The summed E-state index contributed by atoms with van der Waals surface area (Å²) in [6.45, 7) is 4.16. The van der Waals surface area contributed by atoms with Gasteiger partial charge >= 0.3 is 5.97 Å². The molecule has 0 saturated heterocycles. The van der Waals surface area contributed by atoms with E-state index in [1.807, 2.05) is 12.1 Å². The summed E-state index contributed by atoms with van der Waals surface area (Å²) in [5, 5.41) is 0. The van der Waals surface area contributed by atoms with Gasteiger partial charge in [-0.3, -0.25) is 4.31 Å². The lowest BCUT2D eigenvalue weighted by molar-refractivity contribution is 0.0734. The number of benzene rings is 3. The third-order valence-corrected chi connectivity index (χ3v) is 6.70. The van der Waals surface area contributed by atoms with Crippen LogP contribution in [0.3, 0.4) is 0 Å². The molecule has 0 unspecified atom stereocenters. The lowest BCUT2D eigenvalue weighted by Gasteiger charge is -2.20. The minimum atomic E-state index is -3.87. The summed E-state index contributed by atoms with van der Waals surface area (Å²) in [6.07, 6.45) is 0. The Balaban J connectivity index is 1.81. The first-order valence-corrected chi connectivity index (χ1v) is 11.2. The summed E-state index contributed by atoms with van der Waals surface area (Å²) in [7, 11) is -0.874. The van der Waals surface area contributed by atoms with Crippen LogP contribution in [-0.4, -0.2) is 28.5 Å². The fourth-order valence-electron chi connectivity index (χ4n) is 2.96. The molecule has 7 heteroatoms. The minimum absolute atomic E-state index is 0.00424. The van der Waals surface area contributed by atoms with Crippen molar-refractivity contribution < 1.29 is 22.7 Å². The van der Waals surface area contributed by atoms with Crippen molar-refractivity contribution in [2.24, 2.45) is 0 Å². The van der Waals surface area contributed by atoms with E-state index in [-0.39, 0.29) is 10.5 Å². The average Bonchev–Trinajstić information content (AvgIpc) is 2.79. The van der Waals surface area contributed by atoms with Crippen LogP contribution in [0.15, 0.2) is 77.7 Å².